The molecule has 0 unspecified atom stereocenters. The minimum absolute atomic E-state index is 0.196. The van der Waals surface area contributed by atoms with Crippen LogP contribution in [0.25, 0.3) is 22.3 Å². The Balaban J connectivity index is 1.25. The summed E-state index contributed by atoms with van der Waals surface area (Å²) in [5.41, 5.74) is 11.0. The van der Waals surface area contributed by atoms with E-state index in [1.165, 1.54) is 0 Å². The van der Waals surface area contributed by atoms with Gasteiger partial charge in [0, 0.05) is 43.2 Å². The van der Waals surface area contributed by atoms with Crippen LogP contribution in [0, 0.1) is 5.41 Å². The molecule has 0 saturated carbocycles. The van der Waals surface area contributed by atoms with Gasteiger partial charge in [-0.25, -0.2) is 4.98 Å². The summed E-state index contributed by atoms with van der Waals surface area (Å²) >= 11 is 6.74. The molecule has 1 aromatic carbocycles. The van der Waals surface area contributed by atoms with Crippen molar-refractivity contribution in [3.63, 3.8) is 0 Å². The molecule has 3 aliphatic rings. The number of pyridine rings is 1. The molecular formula is C27H32ClN7O. The van der Waals surface area contributed by atoms with Gasteiger partial charge in [0.05, 0.1) is 23.3 Å². The number of hydrogen-bond donors (Lipinski definition) is 3. The topological polar surface area (TPSA) is 101 Å². The van der Waals surface area contributed by atoms with Gasteiger partial charge in [0.1, 0.15) is 10.8 Å². The number of nitrogens with zero attached hydrogens (tertiary/aromatic N) is 4. The lowest BCUT2D eigenvalue weighted by Gasteiger charge is -2.39. The third-order valence-corrected chi connectivity index (χ3v) is 8.61. The molecular weight excluding hydrogens is 474 g/mol. The molecule has 1 spiro atoms. The zero-order valence-corrected chi connectivity index (χ0v) is 21.1. The van der Waals surface area contributed by atoms with Crippen LogP contribution >= 0.6 is 11.6 Å². The third kappa shape index (κ3) is 4.12. The normalized spacial score (nSPS) is 20.1. The maximum absolute atomic E-state index is 12.4. The standard InChI is InChI=1S/C27H32ClN7O/c28-23-24(34-13-8-27(9-14-34)7-12-31-26(27)36)22(16-32-25(23)29)19-3-1-18(2-4-19)20-15-33-35(17-20)21-5-10-30-11-6-21/h1-4,15-17,21,30H,5-14H2,(H2,29,32)(H,31,36). The number of aromatic nitrogens is 3. The number of anilines is 2. The highest BCUT2D eigenvalue weighted by atomic mass is 35.5. The van der Waals surface area contributed by atoms with Crippen molar-refractivity contribution in [2.45, 2.75) is 38.1 Å². The monoisotopic (exact) mass is 505 g/mol. The van der Waals surface area contributed by atoms with E-state index in [-0.39, 0.29) is 11.3 Å². The Morgan fingerprint density at radius 1 is 0.972 bits per heavy atom. The van der Waals surface area contributed by atoms with Crippen LogP contribution in [0.1, 0.15) is 38.1 Å². The van der Waals surface area contributed by atoms with E-state index in [0.29, 0.717) is 16.9 Å². The molecule has 3 aliphatic heterocycles. The number of halogens is 1. The number of nitrogens with one attached hydrogen (secondary N) is 2. The van der Waals surface area contributed by atoms with Gasteiger partial charge in [-0.05, 0) is 56.3 Å². The average molecular weight is 506 g/mol. The van der Waals surface area contributed by atoms with Crippen molar-refractivity contribution in [3.8, 4) is 22.3 Å². The van der Waals surface area contributed by atoms with Crippen molar-refractivity contribution in [2.75, 3.05) is 43.4 Å². The van der Waals surface area contributed by atoms with E-state index in [9.17, 15) is 4.79 Å². The molecule has 8 nitrogen and oxygen atoms in total. The summed E-state index contributed by atoms with van der Waals surface area (Å²) in [4.78, 5) is 19.1. The van der Waals surface area contributed by atoms with Gasteiger partial charge in [0.15, 0.2) is 0 Å². The quantitative estimate of drug-likeness (QED) is 0.497. The SMILES string of the molecule is Nc1ncc(-c2ccc(-c3cnn(C4CCNCC4)c3)cc2)c(N2CCC3(CCNC3=O)CC2)c1Cl. The Morgan fingerprint density at radius 3 is 2.39 bits per heavy atom. The van der Waals surface area contributed by atoms with Gasteiger partial charge < -0.3 is 21.3 Å². The largest absolute Gasteiger partial charge is 0.382 e. The molecule has 0 bridgehead atoms. The minimum Gasteiger partial charge on any atom is -0.382 e. The Hall–Kier alpha value is -3.10. The highest BCUT2D eigenvalue weighted by Gasteiger charge is 2.44. The second kappa shape index (κ2) is 9.41. The van der Waals surface area contributed by atoms with Crippen LogP contribution in [-0.2, 0) is 4.79 Å². The molecule has 36 heavy (non-hydrogen) atoms. The smallest absolute Gasteiger partial charge is 0.226 e. The van der Waals surface area contributed by atoms with Crippen molar-refractivity contribution in [1.82, 2.24) is 25.4 Å². The molecule has 3 aromatic rings. The zero-order chi connectivity index (χ0) is 24.7. The van der Waals surface area contributed by atoms with Crippen molar-refractivity contribution in [2.24, 2.45) is 5.41 Å². The van der Waals surface area contributed by atoms with Gasteiger partial charge >= 0.3 is 0 Å². The first-order chi connectivity index (χ1) is 17.5. The molecule has 0 atom stereocenters. The third-order valence-electron chi connectivity index (χ3n) is 8.24. The summed E-state index contributed by atoms with van der Waals surface area (Å²) in [6, 6.07) is 8.94. The van der Waals surface area contributed by atoms with Gasteiger partial charge in [-0.1, -0.05) is 35.9 Å². The fraction of sp³-hybridized carbons (Fsp3) is 0.444. The molecule has 5 heterocycles. The summed E-state index contributed by atoms with van der Waals surface area (Å²) in [5, 5.41) is 11.5. The highest BCUT2D eigenvalue weighted by molar-refractivity contribution is 6.36. The van der Waals surface area contributed by atoms with E-state index in [0.717, 1.165) is 92.8 Å². The molecule has 1 amide bonds. The van der Waals surface area contributed by atoms with Gasteiger partial charge in [0.2, 0.25) is 5.91 Å². The average Bonchev–Trinajstić information content (AvgIpc) is 3.55. The number of rotatable bonds is 4. The van der Waals surface area contributed by atoms with Crippen LogP contribution in [-0.4, -0.2) is 53.4 Å². The summed E-state index contributed by atoms with van der Waals surface area (Å²) in [6.45, 7) is 4.38. The Labute approximate surface area is 216 Å². The molecule has 6 rings (SSSR count). The van der Waals surface area contributed by atoms with Crippen molar-refractivity contribution in [1.29, 1.82) is 0 Å². The number of carbonyl (C=O) groups is 1. The Bertz CT molecular complexity index is 1260. The zero-order valence-electron chi connectivity index (χ0n) is 20.3. The summed E-state index contributed by atoms with van der Waals surface area (Å²) in [7, 11) is 0. The highest BCUT2D eigenvalue weighted by Crippen LogP contribution is 2.44. The van der Waals surface area contributed by atoms with Gasteiger partial charge in [0.25, 0.3) is 0 Å². The number of amides is 1. The van der Waals surface area contributed by atoms with E-state index in [1.807, 2.05) is 12.4 Å². The van der Waals surface area contributed by atoms with Gasteiger partial charge in [-0.3, -0.25) is 9.48 Å². The lowest BCUT2D eigenvalue weighted by atomic mass is 9.77. The molecule has 4 N–H and O–H groups in total. The van der Waals surface area contributed by atoms with Crippen LogP contribution in [0.2, 0.25) is 5.02 Å². The van der Waals surface area contributed by atoms with Crippen LogP contribution in [0.15, 0.2) is 42.9 Å². The number of benzene rings is 1. The van der Waals surface area contributed by atoms with E-state index in [1.54, 1.807) is 0 Å². The van der Waals surface area contributed by atoms with Crippen molar-refractivity contribution < 1.29 is 4.79 Å². The number of piperidine rings is 2. The number of nitrogens with two attached hydrogens (primary N) is 1. The maximum Gasteiger partial charge on any atom is 0.226 e. The molecule has 2 aromatic heterocycles. The van der Waals surface area contributed by atoms with E-state index >= 15 is 0 Å². The Kier molecular flexibility index (Phi) is 6.09. The number of nitrogen functional groups attached to an aromatic ring is 1. The van der Waals surface area contributed by atoms with Crippen LogP contribution in [0.5, 0.6) is 0 Å². The lowest BCUT2D eigenvalue weighted by molar-refractivity contribution is -0.128. The van der Waals surface area contributed by atoms with Crippen molar-refractivity contribution >= 4 is 29.0 Å². The number of carbonyl (C=O) groups excluding carboxylic acids is 1. The minimum atomic E-state index is -0.234. The molecule has 3 saturated heterocycles. The molecule has 0 radical (unpaired) electrons. The van der Waals surface area contributed by atoms with E-state index in [4.69, 9.17) is 17.3 Å². The van der Waals surface area contributed by atoms with E-state index < -0.39 is 0 Å². The second-order valence-corrected chi connectivity index (χ2v) is 10.6. The lowest BCUT2D eigenvalue weighted by Crippen LogP contribution is -2.44. The van der Waals surface area contributed by atoms with Crippen LogP contribution in [0.4, 0.5) is 11.5 Å². The summed E-state index contributed by atoms with van der Waals surface area (Å²) < 4.78 is 2.11. The summed E-state index contributed by atoms with van der Waals surface area (Å²) in [6.07, 6.45) is 10.7. The second-order valence-electron chi connectivity index (χ2n) is 10.3. The Morgan fingerprint density at radius 2 is 1.69 bits per heavy atom. The van der Waals surface area contributed by atoms with Gasteiger partial charge in [-0.2, -0.15) is 5.10 Å². The fourth-order valence-corrected chi connectivity index (χ4v) is 6.23. The van der Waals surface area contributed by atoms with E-state index in [2.05, 4.69) is 60.8 Å². The van der Waals surface area contributed by atoms with Crippen LogP contribution < -0.4 is 21.3 Å². The molecule has 188 valence electrons. The molecule has 9 heteroatoms. The maximum atomic E-state index is 12.4. The van der Waals surface area contributed by atoms with Gasteiger partial charge in [-0.15, -0.1) is 0 Å². The first kappa shape index (κ1) is 23.3. The molecule has 0 aliphatic carbocycles. The van der Waals surface area contributed by atoms with Crippen molar-refractivity contribution in [3.05, 3.63) is 47.9 Å². The first-order valence-corrected chi connectivity index (χ1v) is 13.2. The molecule has 3 fully saturated rings. The fourth-order valence-electron chi connectivity index (χ4n) is 5.96. The number of hydrogen-bond acceptors (Lipinski definition) is 6. The summed E-state index contributed by atoms with van der Waals surface area (Å²) in [5.74, 6) is 0.526. The first-order valence-electron chi connectivity index (χ1n) is 12.9. The predicted octanol–water partition coefficient (Wildman–Crippen LogP) is 3.88. The van der Waals surface area contributed by atoms with Crippen LogP contribution in [0.3, 0.4) is 0 Å². The predicted molar refractivity (Wildman–Crippen MR) is 143 cm³/mol.